The molecule has 0 radical (unpaired) electrons. The van der Waals surface area contributed by atoms with Gasteiger partial charge in [0.2, 0.25) is 0 Å². The minimum Gasteiger partial charge on any atom is -0.455 e. The molecule has 0 aliphatic heterocycles. The number of para-hydroxylation sites is 2. The average molecular weight is 297 g/mol. The van der Waals surface area contributed by atoms with E-state index in [1.165, 1.54) is 0 Å². The number of benzene rings is 2. The Kier molecular flexibility index (Phi) is 2.46. The van der Waals surface area contributed by atoms with Crippen LogP contribution in [0, 0.1) is 0 Å². The average Bonchev–Trinajstić information content (AvgIpc) is 3.00. The third-order valence-electron chi connectivity index (χ3n) is 4.01. The van der Waals surface area contributed by atoms with Gasteiger partial charge in [-0.3, -0.25) is 4.98 Å². The molecule has 3 aromatic heterocycles. The second-order valence-electron chi connectivity index (χ2n) is 5.38. The molecule has 0 N–H and O–H groups in total. The first-order chi connectivity index (χ1) is 11.4. The zero-order chi connectivity index (χ0) is 15.2. The number of hydrogen-bond donors (Lipinski definition) is 0. The molecule has 0 atom stereocenters. The number of aromatic nitrogens is 3. The lowest BCUT2D eigenvalue weighted by Gasteiger charge is -2.03. The van der Waals surface area contributed by atoms with Crippen LogP contribution in [-0.4, -0.2) is 15.0 Å². The van der Waals surface area contributed by atoms with Crippen molar-refractivity contribution in [2.24, 2.45) is 0 Å². The van der Waals surface area contributed by atoms with Gasteiger partial charge < -0.3 is 4.42 Å². The van der Waals surface area contributed by atoms with E-state index >= 15 is 0 Å². The molecular weight excluding hydrogens is 286 g/mol. The van der Waals surface area contributed by atoms with E-state index in [2.05, 4.69) is 27.1 Å². The van der Waals surface area contributed by atoms with Crippen LogP contribution in [0.4, 0.5) is 0 Å². The van der Waals surface area contributed by atoms with E-state index in [9.17, 15) is 0 Å². The Morgan fingerprint density at radius 1 is 0.739 bits per heavy atom. The van der Waals surface area contributed by atoms with Gasteiger partial charge in [0.05, 0.1) is 5.69 Å². The Bertz CT molecular complexity index is 1180. The fourth-order valence-electron chi connectivity index (χ4n) is 2.95. The van der Waals surface area contributed by atoms with E-state index in [0.29, 0.717) is 5.65 Å². The number of rotatable bonds is 1. The summed E-state index contributed by atoms with van der Waals surface area (Å²) < 4.78 is 6.07. The van der Waals surface area contributed by atoms with E-state index in [1.807, 2.05) is 42.5 Å². The van der Waals surface area contributed by atoms with Gasteiger partial charge in [0, 0.05) is 28.7 Å². The molecule has 23 heavy (non-hydrogen) atoms. The van der Waals surface area contributed by atoms with Gasteiger partial charge in [-0.2, -0.15) is 0 Å². The maximum Gasteiger partial charge on any atom is 0.178 e. The molecule has 0 saturated carbocycles. The van der Waals surface area contributed by atoms with E-state index < -0.39 is 0 Å². The molecule has 108 valence electrons. The summed E-state index contributed by atoms with van der Waals surface area (Å²) in [6.45, 7) is 0. The Morgan fingerprint density at radius 2 is 1.61 bits per heavy atom. The van der Waals surface area contributed by atoms with E-state index in [0.717, 1.165) is 38.7 Å². The number of hydrogen-bond acceptors (Lipinski definition) is 4. The summed E-state index contributed by atoms with van der Waals surface area (Å²) in [5.74, 6) is 0. The third kappa shape index (κ3) is 1.82. The van der Waals surface area contributed by atoms with Crippen LogP contribution in [0.5, 0.6) is 0 Å². The topological polar surface area (TPSA) is 51.8 Å². The zero-order valence-corrected chi connectivity index (χ0v) is 12.1. The smallest absolute Gasteiger partial charge is 0.178 e. The van der Waals surface area contributed by atoms with Gasteiger partial charge in [0.1, 0.15) is 16.7 Å². The van der Waals surface area contributed by atoms with Gasteiger partial charge in [-0.25, -0.2) is 9.97 Å². The summed E-state index contributed by atoms with van der Waals surface area (Å²) in [6.07, 6.45) is 3.32. The number of pyridine rings is 1. The maximum absolute atomic E-state index is 6.07. The van der Waals surface area contributed by atoms with Crippen molar-refractivity contribution in [3.05, 3.63) is 67.0 Å². The Balaban J connectivity index is 1.84. The van der Waals surface area contributed by atoms with Gasteiger partial charge >= 0.3 is 0 Å². The molecular formula is C19H11N3O. The van der Waals surface area contributed by atoms with Crippen molar-refractivity contribution in [2.45, 2.75) is 0 Å². The second-order valence-corrected chi connectivity index (χ2v) is 5.38. The van der Waals surface area contributed by atoms with Crippen LogP contribution in [0.2, 0.25) is 0 Å². The van der Waals surface area contributed by atoms with Crippen LogP contribution in [-0.2, 0) is 0 Å². The molecule has 3 heterocycles. The van der Waals surface area contributed by atoms with Gasteiger partial charge in [-0.05, 0) is 24.3 Å². The fourth-order valence-corrected chi connectivity index (χ4v) is 2.95. The largest absolute Gasteiger partial charge is 0.455 e. The Hall–Kier alpha value is -3.27. The van der Waals surface area contributed by atoms with Crippen molar-refractivity contribution < 1.29 is 4.42 Å². The molecule has 0 bridgehead atoms. The zero-order valence-electron chi connectivity index (χ0n) is 12.1. The van der Waals surface area contributed by atoms with Gasteiger partial charge in [0.15, 0.2) is 5.65 Å². The SMILES string of the molecule is c1ccc2c(c1)oc1c(-c3ccc4nccnc4n3)cccc12. The van der Waals surface area contributed by atoms with Crippen LogP contribution in [0.1, 0.15) is 0 Å². The van der Waals surface area contributed by atoms with Crippen LogP contribution in [0.3, 0.4) is 0 Å². The molecule has 0 saturated heterocycles. The highest BCUT2D eigenvalue weighted by Gasteiger charge is 2.13. The summed E-state index contributed by atoms with van der Waals surface area (Å²) in [6, 6.07) is 18.1. The van der Waals surface area contributed by atoms with Crippen LogP contribution in [0.15, 0.2) is 71.4 Å². The fraction of sp³-hybridized carbons (Fsp3) is 0. The number of fused-ring (bicyclic) bond motifs is 4. The van der Waals surface area contributed by atoms with Crippen molar-refractivity contribution in [3.8, 4) is 11.3 Å². The number of furan rings is 1. The highest BCUT2D eigenvalue weighted by atomic mass is 16.3. The van der Waals surface area contributed by atoms with Crippen LogP contribution in [0.25, 0.3) is 44.4 Å². The lowest BCUT2D eigenvalue weighted by molar-refractivity contribution is 0.670. The summed E-state index contributed by atoms with van der Waals surface area (Å²) in [7, 11) is 0. The van der Waals surface area contributed by atoms with Gasteiger partial charge in [-0.15, -0.1) is 0 Å². The molecule has 2 aromatic carbocycles. The first-order valence-electron chi connectivity index (χ1n) is 7.38. The standard InChI is InChI=1S/C19H11N3O/c1-2-7-17-12(4-1)13-5-3-6-14(18(13)23-17)15-8-9-16-19(22-15)21-11-10-20-16/h1-11H. The Morgan fingerprint density at radius 3 is 2.61 bits per heavy atom. The van der Waals surface area contributed by atoms with Crippen molar-refractivity contribution in [1.29, 1.82) is 0 Å². The molecule has 0 spiro atoms. The second kappa shape index (κ2) is 4.61. The summed E-state index contributed by atoms with van der Waals surface area (Å²) >= 11 is 0. The van der Waals surface area contributed by atoms with Crippen molar-refractivity contribution in [1.82, 2.24) is 15.0 Å². The van der Waals surface area contributed by atoms with Crippen molar-refractivity contribution in [3.63, 3.8) is 0 Å². The summed E-state index contributed by atoms with van der Waals surface area (Å²) in [5, 5.41) is 2.21. The normalized spacial score (nSPS) is 11.5. The highest BCUT2D eigenvalue weighted by Crippen LogP contribution is 2.35. The lowest BCUT2D eigenvalue weighted by Crippen LogP contribution is -1.89. The summed E-state index contributed by atoms with van der Waals surface area (Å²) in [4.78, 5) is 13.2. The minimum absolute atomic E-state index is 0.637. The van der Waals surface area contributed by atoms with E-state index in [-0.39, 0.29) is 0 Å². The monoisotopic (exact) mass is 297 g/mol. The molecule has 5 rings (SSSR count). The van der Waals surface area contributed by atoms with Crippen molar-refractivity contribution in [2.75, 3.05) is 0 Å². The van der Waals surface area contributed by atoms with Crippen LogP contribution >= 0.6 is 0 Å². The molecule has 0 fully saturated rings. The molecule has 4 nitrogen and oxygen atoms in total. The minimum atomic E-state index is 0.637. The lowest BCUT2D eigenvalue weighted by atomic mass is 10.1. The molecule has 0 amide bonds. The predicted octanol–water partition coefficient (Wildman–Crippen LogP) is 4.59. The Labute approximate surface area is 131 Å². The van der Waals surface area contributed by atoms with Gasteiger partial charge in [0.25, 0.3) is 0 Å². The van der Waals surface area contributed by atoms with Crippen molar-refractivity contribution >= 4 is 33.1 Å². The van der Waals surface area contributed by atoms with E-state index in [1.54, 1.807) is 12.4 Å². The highest BCUT2D eigenvalue weighted by molar-refractivity contribution is 6.09. The molecule has 4 heteroatoms. The maximum atomic E-state index is 6.07. The predicted molar refractivity (Wildman–Crippen MR) is 90.0 cm³/mol. The van der Waals surface area contributed by atoms with Crippen LogP contribution < -0.4 is 0 Å². The number of nitrogens with zero attached hydrogens (tertiary/aromatic N) is 3. The third-order valence-corrected chi connectivity index (χ3v) is 4.01. The molecule has 5 aromatic rings. The summed E-state index contributed by atoms with van der Waals surface area (Å²) in [5.41, 5.74) is 4.96. The molecule has 0 aliphatic rings. The molecule has 0 aliphatic carbocycles. The first kappa shape index (κ1) is 12.3. The first-order valence-corrected chi connectivity index (χ1v) is 7.38. The van der Waals surface area contributed by atoms with E-state index in [4.69, 9.17) is 4.42 Å². The molecule has 0 unspecified atom stereocenters. The van der Waals surface area contributed by atoms with Gasteiger partial charge in [-0.1, -0.05) is 30.3 Å². The quantitative estimate of drug-likeness (QED) is 0.454.